The summed E-state index contributed by atoms with van der Waals surface area (Å²) in [6, 6.07) is 3.67. The first-order valence-electron chi connectivity index (χ1n) is 5.08. The van der Waals surface area contributed by atoms with Crippen molar-refractivity contribution in [3.63, 3.8) is 0 Å². The molecule has 0 saturated carbocycles. The van der Waals surface area contributed by atoms with Gasteiger partial charge in [0.05, 0.1) is 5.41 Å². The summed E-state index contributed by atoms with van der Waals surface area (Å²) in [5, 5.41) is 3.93. The van der Waals surface area contributed by atoms with E-state index in [0.29, 0.717) is 18.3 Å². The van der Waals surface area contributed by atoms with Crippen LogP contribution >= 0.6 is 12.4 Å². The fraction of sp³-hybridized carbons (Fsp3) is 0.364. The van der Waals surface area contributed by atoms with Crippen LogP contribution in [0.5, 0.6) is 0 Å². The van der Waals surface area contributed by atoms with E-state index in [1.54, 1.807) is 12.4 Å². The van der Waals surface area contributed by atoms with Crippen molar-refractivity contribution >= 4 is 12.4 Å². The Morgan fingerprint density at radius 1 is 1.29 bits per heavy atom. The lowest BCUT2D eigenvalue weighted by Crippen LogP contribution is -2.28. The van der Waals surface area contributed by atoms with Crippen molar-refractivity contribution in [2.24, 2.45) is 5.73 Å². The normalized spacial score (nSPS) is 11.0. The molecule has 5 nitrogen and oxygen atoms in total. The third-order valence-electron chi connectivity index (χ3n) is 2.45. The average Bonchev–Trinajstić information content (AvgIpc) is 2.80. The summed E-state index contributed by atoms with van der Waals surface area (Å²) in [7, 11) is 0. The van der Waals surface area contributed by atoms with Gasteiger partial charge in [-0.1, -0.05) is 5.16 Å². The summed E-state index contributed by atoms with van der Waals surface area (Å²) >= 11 is 0. The molecular weight excluding hydrogens is 240 g/mol. The second-order valence-corrected chi connectivity index (χ2v) is 4.25. The van der Waals surface area contributed by atoms with Gasteiger partial charge >= 0.3 is 0 Å². The Morgan fingerprint density at radius 2 is 1.94 bits per heavy atom. The van der Waals surface area contributed by atoms with Crippen LogP contribution in [0.1, 0.15) is 19.7 Å². The zero-order chi connectivity index (χ0) is 11.6. The van der Waals surface area contributed by atoms with E-state index in [4.69, 9.17) is 10.3 Å². The Hall–Kier alpha value is -1.46. The van der Waals surface area contributed by atoms with Gasteiger partial charge in [0.15, 0.2) is 0 Å². The van der Waals surface area contributed by atoms with Crippen molar-refractivity contribution in [1.82, 2.24) is 15.1 Å². The molecule has 0 aliphatic heterocycles. The molecule has 0 spiro atoms. The van der Waals surface area contributed by atoms with Gasteiger partial charge in [0.25, 0.3) is 0 Å². The lowest BCUT2D eigenvalue weighted by Gasteiger charge is -2.15. The van der Waals surface area contributed by atoms with E-state index in [1.807, 2.05) is 26.0 Å². The molecule has 92 valence electrons. The van der Waals surface area contributed by atoms with E-state index in [0.717, 1.165) is 5.56 Å². The number of hydrogen-bond acceptors (Lipinski definition) is 5. The predicted octanol–water partition coefficient (Wildman–Crippen LogP) is 1.79. The monoisotopic (exact) mass is 254 g/mol. The first-order valence-corrected chi connectivity index (χ1v) is 5.08. The molecule has 0 aliphatic carbocycles. The summed E-state index contributed by atoms with van der Waals surface area (Å²) in [5.41, 5.74) is 6.24. The Labute approximate surface area is 106 Å². The van der Waals surface area contributed by atoms with Gasteiger partial charge in [0.1, 0.15) is 0 Å². The zero-order valence-electron chi connectivity index (χ0n) is 9.75. The molecule has 2 heterocycles. The SMILES string of the molecule is CC(C)(CN)c1nc(-c2ccncc2)no1.Cl. The zero-order valence-corrected chi connectivity index (χ0v) is 10.6. The van der Waals surface area contributed by atoms with Gasteiger partial charge in [-0.25, -0.2) is 0 Å². The Morgan fingerprint density at radius 3 is 2.53 bits per heavy atom. The quantitative estimate of drug-likeness (QED) is 0.904. The molecule has 17 heavy (non-hydrogen) atoms. The van der Waals surface area contributed by atoms with Crippen LogP contribution in [0.25, 0.3) is 11.4 Å². The van der Waals surface area contributed by atoms with Crippen molar-refractivity contribution in [1.29, 1.82) is 0 Å². The number of hydrogen-bond donors (Lipinski definition) is 1. The number of rotatable bonds is 3. The smallest absolute Gasteiger partial charge is 0.233 e. The first kappa shape index (κ1) is 13.6. The molecule has 0 atom stereocenters. The second kappa shape index (κ2) is 5.25. The van der Waals surface area contributed by atoms with Crippen molar-refractivity contribution in [2.45, 2.75) is 19.3 Å². The van der Waals surface area contributed by atoms with E-state index in [9.17, 15) is 0 Å². The Kier molecular flexibility index (Phi) is 4.20. The van der Waals surface area contributed by atoms with E-state index in [-0.39, 0.29) is 17.8 Å². The minimum Gasteiger partial charge on any atom is -0.338 e. The largest absolute Gasteiger partial charge is 0.338 e. The summed E-state index contributed by atoms with van der Waals surface area (Å²) in [6.45, 7) is 4.40. The summed E-state index contributed by atoms with van der Waals surface area (Å²) in [6.07, 6.45) is 3.39. The molecule has 0 bridgehead atoms. The highest BCUT2D eigenvalue weighted by atomic mass is 35.5. The molecule has 0 saturated heterocycles. The Bertz CT molecular complexity index is 469. The average molecular weight is 255 g/mol. The van der Waals surface area contributed by atoms with Gasteiger partial charge in [0.2, 0.25) is 11.7 Å². The van der Waals surface area contributed by atoms with Crippen molar-refractivity contribution < 1.29 is 4.52 Å². The number of halogens is 1. The fourth-order valence-electron chi connectivity index (χ4n) is 1.20. The molecule has 0 amide bonds. The molecular formula is C11H15ClN4O. The van der Waals surface area contributed by atoms with Gasteiger partial charge < -0.3 is 10.3 Å². The molecule has 0 fully saturated rings. The van der Waals surface area contributed by atoms with Gasteiger partial charge in [-0.05, 0) is 26.0 Å². The minimum atomic E-state index is -0.293. The van der Waals surface area contributed by atoms with Crippen LogP contribution in [0, 0.1) is 0 Å². The van der Waals surface area contributed by atoms with Crippen LogP contribution in [0.15, 0.2) is 29.0 Å². The second-order valence-electron chi connectivity index (χ2n) is 4.25. The van der Waals surface area contributed by atoms with Crippen LogP contribution in [-0.2, 0) is 5.41 Å². The van der Waals surface area contributed by atoms with E-state index >= 15 is 0 Å². The third kappa shape index (κ3) is 2.81. The topological polar surface area (TPSA) is 77.8 Å². The standard InChI is InChI=1S/C11H14N4O.ClH/c1-11(2,7-12)10-14-9(15-16-10)8-3-5-13-6-4-8;/h3-6H,7,12H2,1-2H3;1H. The molecule has 0 aromatic carbocycles. The maximum Gasteiger partial charge on any atom is 0.233 e. The third-order valence-corrected chi connectivity index (χ3v) is 2.45. The molecule has 2 aromatic heterocycles. The summed E-state index contributed by atoms with van der Waals surface area (Å²) in [5.74, 6) is 1.13. The highest BCUT2D eigenvalue weighted by molar-refractivity contribution is 5.85. The van der Waals surface area contributed by atoms with Crippen LogP contribution in [-0.4, -0.2) is 21.7 Å². The van der Waals surface area contributed by atoms with Gasteiger partial charge in [0, 0.05) is 24.5 Å². The number of aromatic nitrogens is 3. The summed E-state index contributed by atoms with van der Waals surface area (Å²) < 4.78 is 5.21. The highest BCUT2D eigenvalue weighted by Crippen LogP contribution is 2.22. The lowest BCUT2D eigenvalue weighted by molar-refractivity contribution is 0.311. The van der Waals surface area contributed by atoms with Crippen molar-refractivity contribution in [2.75, 3.05) is 6.54 Å². The van der Waals surface area contributed by atoms with Crippen molar-refractivity contribution in [3.05, 3.63) is 30.4 Å². The molecule has 0 unspecified atom stereocenters. The molecule has 6 heteroatoms. The minimum absolute atomic E-state index is 0. The van der Waals surface area contributed by atoms with Gasteiger partial charge in [-0.2, -0.15) is 4.98 Å². The number of nitrogens with two attached hydrogens (primary N) is 1. The molecule has 2 rings (SSSR count). The predicted molar refractivity (Wildman–Crippen MR) is 66.9 cm³/mol. The van der Waals surface area contributed by atoms with E-state index in [1.165, 1.54) is 0 Å². The van der Waals surface area contributed by atoms with Crippen molar-refractivity contribution in [3.8, 4) is 11.4 Å². The van der Waals surface area contributed by atoms with Crippen LogP contribution in [0.4, 0.5) is 0 Å². The highest BCUT2D eigenvalue weighted by Gasteiger charge is 2.26. The molecule has 2 aromatic rings. The fourth-order valence-corrected chi connectivity index (χ4v) is 1.20. The van der Waals surface area contributed by atoms with Crippen LogP contribution in [0.3, 0.4) is 0 Å². The number of nitrogens with zero attached hydrogens (tertiary/aromatic N) is 3. The lowest BCUT2D eigenvalue weighted by atomic mass is 9.94. The van der Waals surface area contributed by atoms with E-state index in [2.05, 4.69) is 15.1 Å². The van der Waals surface area contributed by atoms with Crippen LogP contribution < -0.4 is 5.73 Å². The Balaban J connectivity index is 0.00000144. The van der Waals surface area contributed by atoms with E-state index < -0.39 is 0 Å². The molecule has 2 N–H and O–H groups in total. The molecule has 0 aliphatic rings. The van der Waals surface area contributed by atoms with Crippen LogP contribution in [0.2, 0.25) is 0 Å². The molecule has 0 radical (unpaired) electrons. The first-order chi connectivity index (χ1) is 7.63. The van der Waals surface area contributed by atoms with Gasteiger partial charge in [-0.15, -0.1) is 12.4 Å². The number of pyridine rings is 1. The maximum atomic E-state index is 5.65. The maximum absolute atomic E-state index is 5.65. The summed E-state index contributed by atoms with van der Waals surface area (Å²) in [4.78, 5) is 8.27. The van der Waals surface area contributed by atoms with Gasteiger partial charge in [-0.3, -0.25) is 4.98 Å².